The molecule has 1 aromatic carbocycles. The Bertz CT molecular complexity index is 669. The molecule has 2 rings (SSSR count). The number of phenolic OH excluding ortho intramolecular Hbond substituents is 1. The van der Waals surface area contributed by atoms with E-state index in [9.17, 15) is 19.5 Å². The number of nitrogens with two attached hydrogens (primary N) is 1. The maximum atomic E-state index is 12.4. The second-order valence-corrected chi connectivity index (χ2v) is 7.89. The van der Waals surface area contributed by atoms with Crippen LogP contribution in [0.3, 0.4) is 0 Å². The number of nitrogens with one attached hydrogen (secondary N) is 2. The molecule has 1 fully saturated rings. The second-order valence-electron chi connectivity index (χ2n) is 7.89. The first-order chi connectivity index (χ1) is 13.9. The number of carbonyl (C=O) groups excluding carboxylic acids is 3. The molecule has 0 spiro atoms. The summed E-state index contributed by atoms with van der Waals surface area (Å²) in [7, 11) is 0. The Hall–Kier alpha value is -2.57. The van der Waals surface area contributed by atoms with Gasteiger partial charge in [-0.25, -0.2) is 0 Å². The molecule has 1 atom stereocenters. The Morgan fingerprint density at radius 1 is 1.10 bits per heavy atom. The Balaban J connectivity index is 1.73. The number of hydrogen-bond donors (Lipinski definition) is 4. The molecular weight excluding hydrogens is 370 g/mol. The van der Waals surface area contributed by atoms with Crippen LogP contribution in [0, 0.1) is 5.92 Å². The average molecular weight is 404 g/mol. The molecular formula is C22H33N3O4. The van der Waals surface area contributed by atoms with E-state index in [-0.39, 0.29) is 18.1 Å². The van der Waals surface area contributed by atoms with Crippen molar-refractivity contribution in [3.63, 3.8) is 0 Å². The van der Waals surface area contributed by atoms with E-state index in [1.165, 1.54) is 32.1 Å². The molecule has 7 heteroatoms. The van der Waals surface area contributed by atoms with Crippen LogP contribution in [0.4, 0.5) is 0 Å². The largest absolute Gasteiger partial charge is 0.508 e. The molecule has 0 aliphatic heterocycles. The molecule has 29 heavy (non-hydrogen) atoms. The van der Waals surface area contributed by atoms with Crippen molar-refractivity contribution in [2.75, 3.05) is 6.54 Å². The first kappa shape index (κ1) is 22.7. The number of benzene rings is 1. The van der Waals surface area contributed by atoms with Gasteiger partial charge in [-0.05, 0) is 42.9 Å². The summed E-state index contributed by atoms with van der Waals surface area (Å²) >= 11 is 0. The number of amides is 3. The van der Waals surface area contributed by atoms with Gasteiger partial charge < -0.3 is 21.5 Å². The van der Waals surface area contributed by atoms with Crippen LogP contribution in [0.1, 0.15) is 63.4 Å². The van der Waals surface area contributed by atoms with Gasteiger partial charge in [-0.3, -0.25) is 14.4 Å². The van der Waals surface area contributed by atoms with Crippen LogP contribution in [0.2, 0.25) is 0 Å². The summed E-state index contributed by atoms with van der Waals surface area (Å²) < 4.78 is 0. The first-order valence-corrected chi connectivity index (χ1v) is 10.6. The molecule has 5 N–H and O–H groups in total. The zero-order valence-electron chi connectivity index (χ0n) is 17.0. The maximum Gasteiger partial charge on any atom is 0.243 e. The maximum absolute atomic E-state index is 12.4. The van der Waals surface area contributed by atoms with Gasteiger partial charge in [0, 0.05) is 13.0 Å². The summed E-state index contributed by atoms with van der Waals surface area (Å²) in [5.41, 5.74) is 6.20. The van der Waals surface area contributed by atoms with Crippen molar-refractivity contribution in [3.8, 4) is 5.75 Å². The molecule has 1 aliphatic carbocycles. The van der Waals surface area contributed by atoms with E-state index in [4.69, 9.17) is 5.73 Å². The molecule has 0 radical (unpaired) electrons. The lowest BCUT2D eigenvalue weighted by Gasteiger charge is -2.21. The molecule has 0 bridgehead atoms. The Kier molecular flexibility index (Phi) is 9.47. The predicted molar refractivity (Wildman–Crippen MR) is 111 cm³/mol. The highest BCUT2D eigenvalue weighted by Crippen LogP contribution is 2.27. The van der Waals surface area contributed by atoms with E-state index in [0.717, 1.165) is 18.4 Å². The van der Waals surface area contributed by atoms with Crippen molar-refractivity contribution >= 4 is 17.7 Å². The second kappa shape index (κ2) is 12.1. The van der Waals surface area contributed by atoms with Gasteiger partial charge in [0.05, 0.1) is 6.42 Å². The van der Waals surface area contributed by atoms with Gasteiger partial charge in [0.2, 0.25) is 17.7 Å². The molecule has 1 aromatic rings. The summed E-state index contributed by atoms with van der Waals surface area (Å²) in [5, 5.41) is 14.7. The topological polar surface area (TPSA) is 122 Å². The average Bonchev–Trinajstić information content (AvgIpc) is 2.69. The van der Waals surface area contributed by atoms with Crippen LogP contribution in [0.15, 0.2) is 24.3 Å². The summed E-state index contributed by atoms with van der Waals surface area (Å²) in [6.07, 6.45) is 8.90. The van der Waals surface area contributed by atoms with Crippen LogP contribution in [0.25, 0.3) is 0 Å². The lowest BCUT2D eigenvalue weighted by atomic mass is 9.86. The zero-order valence-corrected chi connectivity index (χ0v) is 17.0. The zero-order chi connectivity index (χ0) is 21.1. The SMILES string of the molecule is NC(=O)C[C@@H](NC(=O)CCCC1CCCCC1)C(=O)NCCc1ccc(O)cc1. The predicted octanol–water partition coefficient (Wildman–Crippen LogP) is 2.16. The van der Waals surface area contributed by atoms with Crippen LogP contribution in [-0.2, 0) is 20.8 Å². The monoisotopic (exact) mass is 403 g/mol. The highest BCUT2D eigenvalue weighted by atomic mass is 16.3. The Morgan fingerprint density at radius 2 is 1.79 bits per heavy atom. The third-order valence-electron chi connectivity index (χ3n) is 5.45. The normalized spacial score (nSPS) is 15.4. The van der Waals surface area contributed by atoms with E-state index < -0.39 is 17.9 Å². The number of carbonyl (C=O) groups is 3. The molecule has 0 aromatic heterocycles. The highest BCUT2D eigenvalue weighted by molar-refractivity contribution is 5.91. The molecule has 160 valence electrons. The van der Waals surface area contributed by atoms with Crippen molar-refractivity contribution in [1.29, 1.82) is 0 Å². The van der Waals surface area contributed by atoms with Gasteiger partial charge in [-0.15, -0.1) is 0 Å². The molecule has 0 saturated heterocycles. The standard InChI is InChI=1S/C22H33N3O4/c23-20(27)15-19(22(29)24-14-13-17-9-11-18(26)12-10-17)25-21(28)8-4-7-16-5-2-1-3-6-16/h9-12,16,19,26H,1-8,13-15H2,(H2,23,27)(H,24,29)(H,25,28)/t19-/m1/s1. The summed E-state index contributed by atoms with van der Waals surface area (Å²) in [4.78, 5) is 36.0. The quantitative estimate of drug-likeness (QED) is 0.452. The van der Waals surface area contributed by atoms with Crippen LogP contribution >= 0.6 is 0 Å². The summed E-state index contributed by atoms with van der Waals surface area (Å²) in [6, 6.07) is 5.77. The number of primary amides is 1. The minimum absolute atomic E-state index is 0.186. The fourth-order valence-corrected chi connectivity index (χ4v) is 3.82. The molecule has 7 nitrogen and oxygen atoms in total. The number of rotatable bonds is 11. The highest BCUT2D eigenvalue weighted by Gasteiger charge is 2.22. The minimum Gasteiger partial charge on any atom is -0.508 e. The Labute approximate surface area is 172 Å². The minimum atomic E-state index is -0.950. The summed E-state index contributed by atoms with van der Waals surface area (Å²) in [6.45, 7) is 0.358. The molecule has 3 amide bonds. The van der Waals surface area contributed by atoms with Crippen molar-refractivity contribution in [2.24, 2.45) is 11.7 Å². The Morgan fingerprint density at radius 3 is 2.45 bits per heavy atom. The fourth-order valence-electron chi connectivity index (χ4n) is 3.82. The van der Waals surface area contributed by atoms with Gasteiger partial charge in [0.15, 0.2) is 0 Å². The molecule has 1 aliphatic rings. The molecule has 0 heterocycles. The number of aromatic hydroxyl groups is 1. The lowest BCUT2D eigenvalue weighted by molar-refractivity contribution is -0.131. The van der Waals surface area contributed by atoms with E-state index in [1.54, 1.807) is 24.3 Å². The van der Waals surface area contributed by atoms with E-state index in [1.807, 2.05) is 0 Å². The van der Waals surface area contributed by atoms with Gasteiger partial charge in [0.1, 0.15) is 11.8 Å². The van der Waals surface area contributed by atoms with Crippen LogP contribution in [0.5, 0.6) is 5.75 Å². The summed E-state index contributed by atoms with van der Waals surface area (Å²) in [5.74, 6) is -0.373. The fraction of sp³-hybridized carbons (Fsp3) is 0.591. The van der Waals surface area contributed by atoms with Gasteiger partial charge in [0.25, 0.3) is 0 Å². The first-order valence-electron chi connectivity index (χ1n) is 10.6. The van der Waals surface area contributed by atoms with Crippen molar-refractivity contribution < 1.29 is 19.5 Å². The lowest BCUT2D eigenvalue weighted by Crippen LogP contribution is -2.49. The van der Waals surface area contributed by atoms with E-state index in [2.05, 4.69) is 10.6 Å². The molecule has 0 unspecified atom stereocenters. The third kappa shape index (κ3) is 8.98. The van der Waals surface area contributed by atoms with Crippen molar-refractivity contribution in [2.45, 2.75) is 70.3 Å². The van der Waals surface area contributed by atoms with Crippen molar-refractivity contribution in [3.05, 3.63) is 29.8 Å². The number of phenols is 1. The van der Waals surface area contributed by atoms with E-state index in [0.29, 0.717) is 25.3 Å². The van der Waals surface area contributed by atoms with E-state index >= 15 is 0 Å². The van der Waals surface area contributed by atoms with Crippen LogP contribution < -0.4 is 16.4 Å². The van der Waals surface area contributed by atoms with Crippen molar-refractivity contribution in [1.82, 2.24) is 10.6 Å². The van der Waals surface area contributed by atoms with Gasteiger partial charge in [-0.2, -0.15) is 0 Å². The smallest absolute Gasteiger partial charge is 0.243 e. The number of hydrogen-bond acceptors (Lipinski definition) is 4. The molecule has 1 saturated carbocycles. The van der Waals surface area contributed by atoms with Crippen LogP contribution in [-0.4, -0.2) is 35.4 Å². The van der Waals surface area contributed by atoms with Gasteiger partial charge in [-0.1, -0.05) is 44.2 Å². The van der Waals surface area contributed by atoms with Gasteiger partial charge >= 0.3 is 0 Å². The third-order valence-corrected chi connectivity index (χ3v) is 5.45.